The molecule has 0 aliphatic carbocycles. The monoisotopic (exact) mass is 369 g/mol. The van der Waals surface area contributed by atoms with Gasteiger partial charge in [0.25, 0.3) is 0 Å². The average molecular weight is 370 g/mol. The molecule has 134 valence electrons. The number of aryl methyl sites for hydroxylation is 1. The van der Waals surface area contributed by atoms with Gasteiger partial charge in [0.1, 0.15) is 11.3 Å². The van der Waals surface area contributed by atoms with E-state index in [1.807, 2.05) is 32.9 Å². The molecule has 0 radical (unpaired) electrons. The topological polar surface area (TPSA) is 51.5 Å². The Balaban J connectivity index is 1.91. The van der Waals surface area contributed by atoms with Crippen LogP contribution in [0.2, 0.25) is 5.02 Å². The number of anilines is 1. The predicted octanol–water partition coefficient (Wildman–Crippen LogP) is 5.84. The summed E-state index contributed by atoms with van der Waals surface area (Å²) in [7, 11) is 0. The van der Waals surface area contributed by atoms with E-state index in [9.17, 15) is 4.79 Å². The van der Waals surface area contributed by atoms with Crippen molar-refractivity contribution in [3.63, 3.8) is 0 Å². The normalized spacial score (nSPS) is 11.6. The number of halogens is 1. The molecule has 0 spiro atoms. The highest BCUT2D eigenvalue weighted by atomic mass is 35.5. The van der Waals surface area contributed by atoms with Crippen molar-refractivity contribution in [3.8, 4) is 5.75 Å². The Bertz CT molecular complexity index is 971. The fourth-order valence-electron chi connectivity index (χ4n) is 2.75. The Morgan fingerprint density at radius 3 is 2.69 bits per heavy atom. The first kappa shape index (κ1) is 18.1. The van der Waals surface area contributed by atoms with Crippen LogP contribution in [0.1, 0.15) is 25.0 Å². The van der Waals surface area contributed by atoms with Crippen LogP contribution >= 0.6 is 11.6 Å². The maximum atomic E-state index is 12.4. The number of fused-ring (bicyclic) bond motifs is 1. The van der Waals surface area contributed by atoms with Gasteiger partial charge in [0.05, 0.1) is 12.9 Å². The SMILES string of the molecule is CCOc1cc2occ(C)c2cc1/C(C)=C/C(=O)Nc1ccc(Cl)cc1. The van der Waals surface area contributed by atoms with Gasteiger partial charge in [-0.3, -0.25) is 4.79 Å². The predicted molar refractivity (Wildman–Crippen MR) is 106 cm³/mol. The molecule has 2 aromatic carbocycles. The summed E-state index contributed by atoms with van der Waals surface area (Å²) in [6.45, 7) is 6.33. The Labute approximate surface area is 157 Å². The molecule has 1 N–H and O–H groups in total. The minimum absolute atomic E-state index is 0.212. The zero-order chi connectivity index (χ0) is 18.7. The van der Waals surface area contributed by atoms with Crippen LogP contribution in [0.4, 0.5) is 5.69 Å². The van der Waals surface area contributed by atoms with E-state index in [1.54, 1.807) is 36.6 Å². The molecule has 0 unspecified atom stereocenters. The largest absolute Gasteiger partial charge is 0.493 e. The number of carbonyl (C=O) groups excluding carboxylic acids is 1. The first-order valence-electron chi connectivity index (χ1n) is 8.37. The fraction of sp³-hybridized carbons (Fsp3) is 0.190. The van der Waals surface area contributed by atoms with E-state index < -0.39 is 0 Å². The van der Waals surface area contributed by atoms with Gasteiger partial charge in [-0.25, -0.2) is 0 Å². The van der Waals surface area contributed by atoms with Crippen LogP contribution in [0, 0.1) is 6.92 Å². The van der Waals surface area contributed by atoms with E-state index in [4.69, 9.17) is 20.8 Å². The van der Waals surface area contributed by atoms with Crippen LogP contribution in [-0.4, -0.2) is 12.5 Å². The van der Waals surface area contributed by atoms with Gasteiger partial charge in [0, 0.05) is 33.8 Å². The molecule has 0 fully saturated rings. The summed E-state index contributed by atoms with van der Waals surface area (Å²) in [5.41, 5.74) is 4.18. The van der Waals surface area contributed by atoms with Crippen molar-refractivity contribution < 1.29 is 13.9 Å². The van der Waals surface area contributed by atoms with Crippen molar-refractivity contribution in [2.24, 2.45) is 0 Å². The molecule has 3 aromatic rings. The molecular weight excluding hydrogens is 350 g/mol. The minimum atomic E-state index is -0.212. The molecule has 0 aliphatic rings. The maximum absolute atomic E-state index is 12.4. The molecular formula is C21H20ClNO3. The average Bonchev–Trinajstić information content (AvgIpc) is 2.97. The van der Waals surface area contributed by atoms with Crippen LogP contribution in [0.5, 0.6) is 5.75 Å². The van der Waals surface area contributed by atoms with E-state index in [1.165, 1.54) is 0 Å². The number of allylic oxidation sites excluding steroid dienone is 1. The number of hydrogen-bond donors (Lipinski definition) is 1. The number of nitrogens with one attached hydrogen (secondary N) is 1. The lowest BCUT2D eigenvalue weighted by Crippen LogP contribution is -2.08. The number of carbonyl (C=O) groups is 1. The lowest BCUT2D eigenvalue weighted by Gasteiger charge is -2.11. The molecule has 1 aromatic heterocycles. The van der Waals surface area contributed by atoms with Gasteiger partial charge < -0.3 is 14.5 Å². The number of ether oxygens (including phenoxy) is 1. The van der Waals surface area contributed by atoms with E-state index in [2.05, 4.69) is 5.32 Å². The van der Waals surface area contributed by atoms with Gasteiger partial charge in [-0.05, 0) is 62.2 Å². The molecule has 5 heteroatoms. The lowest BCUT2D eigenvalue weighted by molar-refractivity contribution is -0.111. The van der Waals surface area contributed by atoms with Gasteiger partial charge in [-0.1, -0.05) is 11.6 Å². The van der Waals surface area contributed by atoms with Crippen molar-refractivity contribution in [2.75, 3.05) is 11.9 Å². The molecule has 0 atom stereocenters. The summed E-state index contributed by atoms with van der Waals surface area (Å²) >= 11 is 5.86. The van der Waals surface area contributed by atoms with Crippen molar-refractivity contribution >= 4 is 39.7 Å². The zero-order valence-electron chi connectivity index (χ0n) is 14.9. The summed E-state index contributed by atoms with van der Waals surface area (Å²) in [4.78, 5) is 12.4. The minimum Gasteiger partial charge on any atom is -0.493 e. The number of hydrogen-bond acceptors (Lipinski definition) is 3. The maximum Gasteiger partial charge on any atom is 0.248 e. The van der Waals surface area contributed by atoms with Crippen LogP contribution in [0.3, 0.4) is 0 Å². The van der Waals surface area contributed by atoms with Gasteiger partial charge in [0.2, 0.25) is 5.91 Å². The quantitative estimate of drug-likeness (QED) is 0.575. The molecule has 0 saturated carbocycles. The third-order valence-corrected chi connectivity index (χ3v) is 4.31. The second-order valence-corrected chi connectivity index (χ2v) is 6.46. The number of furan rings is 1. The summed E-state index contributed by atoms with van der Waals surface area (Å²) in [6, 6.07) is 10.9. The fourth-order valence-corrected chi connectivity index (χ4v) is 2.88. The second-order valence-electron chi connectivity index (χ2n) is 6.02. The van der Waals surface area contributed by atoms with Crippen LogP contribution < -0.4 is 10.1 Å². The third kappa shape index (κ3) is 3.92. The van der Waals surface area contributed by atoms with E-state index in [0.717, 1.165) is 27.7 Å². The van der Waals surface area contributed by atoms with Crippen molar-refractivity contribution in [2.45, 2.75) is 20.8 Å². The molecule has 1 amide bonds. The van der Waals surface area contributed by atoms with Gasteiger partial charge in [0.15, 0.2) is 0 Å². The first-order chi connectivity index (χ1) is 12.5. The van der Waals surface area contributed by atoms with Crippen LogP contribution in [-0.2, 0) is 4.79 Å². The van der Waals surface area contributed by atoms with Crippen LogP contribution in [0.15, 0.2) is 53.2 Å². The zero-order valence-corrected chi connectivity index (χ0v) is 15.7. The first-order valence-corrected chi connectivity index (χ1v) is 8.75. The molecule has 0 aliphatic heterocycles. The molecule has 4 nitrogen and oxygen atoms in total. The van der Waals surface area contributed by atoms with Gasteiger partial charge in [-0.15, -0.1) is 0 Å². The van der Waals surface area contributed by atoms with Crippen molar-refractivity contribution in [3.05, 3.63) is 64.9 Å². The number of benzene rings is 2. The molecule has 3 rings (SSSR count). The van der Waals surface area contributed by atoms with E-state index >= 15 is 0 Å². The standard InChI is InChI=1S/C21H20ClNO3/c1-4-25-19-11-20-18(14(3)12-26-20)10-17(19)13(2)9-21(24)23-16-7-5-15(22)6-8-16/h5-12H,4H2,1-3H3,(H,23,24)/b13-9+. The Kier molecular flexibility index (Phi) is 5.33. The highest BCUT2D eigenvalue weighted by molar-refractivity contribution is 6.30. The molecule has 0 bridgehead atoms. The van der Waals surface area contributed by atoms with E-state index in [0.29, 0.717) is 23.1 Å². The van der Waals surface area contributed by atoms with Crippen LogP contribution in [0.25, 0.3) is 16.5 Å². The number of amides is 1. The highest BCUT2D eigenvalue weighted by Gasteiger charge is 2.13. The summed E-state index contributed by atoms with van der Waals surface area (Å²) in [5, 5.41) is 4.47. The molecule has 1 heterocycles. The highest BCUT2D eigenvalue weighted by Crippen LogP contribution is 2.33. The van der Waals surface area contributed by atoms with Gasteiger partial charge in [-0.2, -0.15) is 0 Å². The van der Waals surface area contributed by atoms with Gasteiger partial charge >= 0.3 is 0 Å². The summed E-state index contributed by atoms with van der Waals surface area (Å²) in [6.07, 6.45) is 3.28. The summed E-state index contributed by atoms with van der Waals surface area (Å²) in [5.74, 6) is 0.485. The second kappa shape index (κ2) is 7.67. The summed E-state index contributed by atoms with van der Waals surface area (Å²) < 4.78 is 11.3. The van der Waals surface area contributed by atoms with Crippen molar-refractivity contribution in [1.82, 2.24) is 0 Å². The third-order valence-electron chi connectivity index (χ3n) is 4.05. The molecule has 0 saturated heterocycles. The molecule has 26 heavy (non-hydrogen) atoms. The van der Waals surface area contributed by atoms with E-state index in [-0.39, 0.29) is 5.91 Å². The Morgan fingerprint density at radius 2 is 2.00 bits per heavy atom. The Hall–Kier alpha value is -2.72. The Morgan fingerprint density at radius 1 is 1.27 bits per heavy atom. The van der Waals surface area contributed by atoms with Crippen molar-refractivity contribution in [1.29, 1.82) is 0 Å². The lowest BCUT2D eigenvalue weighted by atomic mass is 10.0. The number of rotatable bonds is 5. The smallest absolute Gasteiger partial charge is 0.248 e.